The van der Waals surface area contributed by atoms with Gasteiger partial charge in [-0.2, -0.15) is 0 Å². The van der Waals surface area contributed by atoms with Crippen molar-refractivity contribution in [2.75, 3.05) is 12.9 Å². The van der Waals surface area contributed by atoms with Crippen molar-refractivity contribution in [3.05, 3.63) is 12.7 Å². The summed E-state index contributed by atoms with van der Waals surface area (Å²) in [7, 11) is 0. The van der Waals surface area contributed by atoms with Gasteiger partial charge in [0.1, 0.15) is 0 Å². The van der Waals surface area contributed by atoms with Gasteiger partial charge in [-0.3, -0.25) is 5.32 Å². The van der Waals surface area contributed by atoms with Gasteiger partial charge in [0.15, 0.2) is 6.23 Å². The fourth-order valence-corrected chi connectivity index (χ4v) is 0.551. The molecular formula is C8H16ClNO2. The van der Waals surface area contributed by atoms with Crippen molar-refractivity contribution in [2.24, 2.45) is 0 Å². The number of nitrogens with one attached hydrogen (secondary N) is 1. The Morgan fingerprint density at radius 2 is 2.25 bits per heavy atom. The first kappa shape index (κ1) is 14.0. The Balaban J connectivity index is 0. The van der Waals surface area contributed by atoms with E-state index in [-0.39, 0.29) is 6.23 Å². The normalized spacial score (nSPS) is 10.7. The summed E-state index contributed by atoms with van der Waals surface area (Å²) in [5, 5.41) is 2.92. The van der Waals surface area contributed by atoms with E-state index in [0.29, 0.717) is 0 Å². The maximum absolute atomic E-state index is 10.5. The lowest BCUT2D eigenvalue weighted by atomic mass is 10.6. The van der Waals surface area contributed by atoms with Crippen LogP contribution in [0.4, 0.5) is 0 Å². The first-order valence-corrected chi connectivity index (χ1v) is 4.40. The summed E-state index contributed by atoms with van der Waals surface area (Å²) in [5.41, 5.74) is 0. The van der Waals surface area contributed by atoms with Crippen LogP contribution in [0.5, 0.6) is 0 Å². The van der Waals surface area contributed by atoms with Crippen molar-refractivity contribution in [1.82, 2.24) is 5.32 Å². The van der Waals surface area contributed by atoms with Gasteiger partial charge in [-0.05, 0) is 13.5 Å². The van der Waals surface area contributed by atoms with Crippen LogP contribution in [0.25, 0.3) is 0 Å². The molecule has 0 saturated heterocycles. The monoisotopic (exact) mass is 193 g/mol. The van der Waals surface area contributed by atoms with E-state index in [1.165, 1.54) is 6.38 Å². The number of rotatable bonds is 4. The largest absolute Gasteiger partial charge is 0.444 e. The molecule has 0 heterocycles. The molecular weight excluding hydrogens is 178 g/mol. The first-order valence-electron chi connectivity index (χ1n) is 3.65. The molecule has 0 rings (SSSR count). The quantitative estimate of drug-likeness (QED) is 0.319. The maximum atomic E-state index is 10.5. The number of alkyl halides is 1. The lowest BCUT2D eigenvalue weighted by Gasteiger charge is -2.11. The third-order valence-electron chi connectivity index (χ3n) is 0.951. The summed E-state index contributed by atoms with van der Waals surface area (Å²) in [6, 6.07) is 0. The van der Waals surface area contributed by atoms with E-state index in [1.807, 2.05) is 6.92 Å². The summed E-state index contributed by atoms with van der Waals surface area (Å²) in [5.74, 6) is -0.395. The Morgan fingerprint density at radius 3 is 2.58 bits per heavy atom. The van der Waals surface area contributed by atoms with Gasteiger partial charge in [-0.1, -0.05) is 13.5 Å². The van der Waals surface area contributed by atoms with Gasteiger partial charge in [0.2, 0.25) is 0 Å². The predicted octanol–water partition coefficient (Wildman–Crippen LogP) is 1.53. The lowest BCUT2D eigenvalue weighted by molar-refractivity contribution is -0.143. The summed E-state index contributed by atoms with van der Waals surface area (Å²) in [6.07, 6.45) is 2.39. The predicted molar refractivity (Wildman–Crippen MR) is 51.2 cm³/mol. The number of esters is 1. The molecule has 0 aliphatic heterocycles. The number of hydrogen-bond acceptors (Lipinski definition) is 3. The number of carbonyl (C=O) groups is 1. The van der Waals surface area contributed by atoms with Gasteiger partial charge in [0.05, 0.1) is 0 Å². The van der Waals surface area contributed by atoms with Crippen LogP contribution in [0.15, 0.2) is 12.7 Å². The van der Waals surface area contributed by atoms with E-state index >= 15 is 0 Å². The maximum Gasteiger partial charge on any atom is 0.331 e. The molecule has 0 aromatic rings. The Hall–Kier alpha value is -0.540. The summed E-state index contributed by atoms with van der Waals surface area (Å²) in [4.78, 5) is 10.5. The van der Waals surface area contributed by atoms with Crippen LogP contribution in [0.1, 0.15) is 13.8 Å². The molecule has 0 amide bonds. The van der Waals surface area contributed by atoms with Crippen molar-refractivity contribution >= 4 is 17.6 Å². The van der Waals surface area contributed by atoms with Crippen LogP contribution in [0.3, 0.4) is 0 Å². The Kier molecular flexibility index (Phi) is 12.2. The third-order valence-corrected chi connectivity index (χ3v) is 0.951. The molecule has 12 heavy (non-hydrogen) atoms. The Labute approximate surface area is 78.7 Å². The minimum atomic E-state index is -0.395. The van der Waals surface area contributed by atoms with Gasteiger partial charge in [-0.15, -0.1) is 11.6 Å². The van der Waals surface area contributed by atoms with Gasteiger partial charge >= 0.3 is 5.97 Å². The molecule has 0 aliphatic rings. The molecule has 0 aromatic carbocycles. The third kappa shape index (κ3) is 9.46. The smallest absolute Gasteiger partial charge is 0.331 e. The van der Waals surface area contributed by atoms with E-state index < -0.39 is 5.97 Å². The van der Waals surface area contributed by atoms with Crippen LogP contribution in [-0.2, 0) is 9.53 Å². The molecule has 1 atom stereocenters. The standard InChI is InChI=1S/C7H13NO2.CH3Cl/c1-4-7(9)10-6(3)8-5-2;1-2/h4,6,8H,1,5H2,2-3H3;1H3. The second-order valence-corrected chi connectivity index (χ2v) is 1.84. The molecule has 1 unspecified atom stereocenters. The van der Waals surface area contributed by atoms with Gasteiger partial charge < -0.3 is 4.74 Å². The first-order chi connectivity index (χ1) is 5.70. The zero-order valence-electron chi connectivity index (χ0n) is 7.76. The van der Waals surface area contributed by atoms with E-state index in [9.17, 15) is 4.79 Å². The lowest BCUT2D eigenvalue weighted by Crippen LogP contribution is -2.30. The summed E-state index contributed by atoms with van der Waals surface area (Å²) >= 11 is 4.64. The minimum absolute atomic E-state index is 0.226. The highest BCUT2D eigenvalue weighted by atomic mass is 35.5. The van der Waals surface area contributed by atoms with Crippen LogP contribution in [-0.4, -0.2) is 25.1 Å². The van der Waals surface area contributed by atoms with E-state index in [0.717, 1.165) is 12.6 Å². The molecule has 0 aromatic heterocycles. The molecule has 0 spiro atoms. The zero-order chi connectivity index (χ0) is 9.98. The fraction of sp³-hybridized carbons (Fsp3) is 0.625. The number of halogens is 1. The Bertz CT molecular complexity index is 128. The highest BCUT2D eigenvalue weighted by Gasteiger charge is 2.01. The van der Waals surface area contributed by atoms with Crippen molar-refractivity contribution in [3.8, 4) is 0 Å². The average Bonchev–Trinajstić information content (AvgIpc) is 2.08. The number of ether oxygens (including phenoxy) is 1. The molecule has 0 aliphatic carbocycles. The molecule has 3 nitrogen and oxygen atoms in total. The molecule has 0 saturated carbocycles. The molecule has 0 bridgehead atoms. The SMILES string of the molecule is C=CC(=O)OC(C)NCC.CCl. The number of hydrogen-bond donors (Lipinski definition) is 1. The van der Waals surface area contributed by atoms with Gasteiger partial charge in [0, 0.05) is 12.5 Å². The van der Waals surface area contributed by atoms with Crippen molar-refractivity contribution in [1.29, 1.82) is 0 Å². The van der Waals surface area contributed by atoms with Crippen LogP contribution >= 0.6 is 11.6 Å². The van der Waals surface area contributed by atoms with Crippen LogP contribution in [0.2, 0.25) is 0 Å². The molecule has 0 radical (unpaired) electrons. The van der Waals surface area contributed by atoms with Gasteiger partial charge in [-0.25, -0.2) is 4.79 Å². The molecule has 4 heteroatoms. The molecule has 1 N–H and O–H groups in total. The van der Waals surface area contributed by atoms with Crippen LogP contribution < -0.4 is 5.32 Å². The van der Waals surface area contributed by atoms with Crippen LogP contribution in [0, 0.1) is 0 Å². The second-order valence-electron chi connectivity index (χ2n) is 1.84. The summed E-state index contributed by atoms with van der Waals surface area (Å²) in [6.45, 7) is 7.77. The summed E-state index contributed by atoms with van der Waals surface area (Å²) < 4.78 is 4.77. The second kappa shape index (κ2) is 10.5. The highest BCUT2D eigenvalue weighted by molar-refractivity contribution is 6.15. The fourth-order valence-electron chi connectivity index (χ4n) is 0.551. The average molecular weight is 194 g/mol. The topological polar surface area (TPSA) is 38.3 Å². The molecule has 72 valence electrons. The van der Waals surface area contributed by atoms with Crippen molar-refractivity contribution < 1.29 is 9.53 Å². The van der Waals surface area contributed by atoms with Crippen molar-refractivity contribution in [2.45, 2.75) is 20.1 Å². The zero-order valence-corrected chi connectivity index (χ0v) is 8.52. The van der Waals surface area contributed by atoms with E-state index in [2.05, 4.69) is 23.5 Å². The van der Waals surface area contributed by atoms with Crippen molar-refractivity contribution in [3.63, 3.8) is 0 Å². The van der Waals surface area contributed by atoms with E-state index in [1.54, 1.807) is 6.92 Å². The van der Waals surface area contributed by atoms with E-state index in [4.69, 9.17) is 4.74 Å². The highest BCUT2D eigenvalue weighted by Crippen LogP contribution is 1.86. The number of carbonyl (C=O) groups excluding carboxylic acids is 1. The van der Waals surface area contributed by atoms with Gasteiger partial charge in [0.25, 0.3) is 0 Å². The molecule has 0 fully saturated rings. The minimum Gasteiger partial charge on any atom is -0.444 e. The Morgan fingerprint density at radius 1 is 1.75 bits per heavy atom.